The summed E-state index contributed by atoms with van der Waals surface area (Å²) in [4.78, 5) is 0. The van der Waals surface area contributed by atoms with Gasteiger partial charge in [0.2, 0.25) is 0 Å². The van der Waals surface area contributed by atoms with Gasteiger partial charge in [-0.25, -0.2) is 0 Å². The number of aromatic hydroxyl groups is 1. The fourth-order valence-corrected chi connectivity index (χ4v) is 1.21. The third-order valence-corrected chi connectivity index (χ3v) is 2.35. The second-order valence-corrected chi connectivity index (χ2v) is 3.85. The zero-order valence-electron chi connectivity index (χ0n) is 8.25. The Morgan fingerprint density at radius 1 is 1.31 bits per heavy atom. The van der Waals surface area contributed by atoms with Gasteiger partial charge in [-0.15, -0.1) is 0 Å². The van der Waals surface area contributed by atoms with Gasteiger partial charge in [0.25, 0.3) is 0 Å². The quantitative estimate of drug-likeness (QED) is 0.746. The first-order chi connectivity index (χ1) is 6.03. The molecule has 1 aromatic carbocycles. The molecule has 0 aliphatic heterocycles. The Balaban J connectivity index is 2.69. The van der Waals surface area contributed by atoms with Crippen LogP contribution < -0.4 is 5.73 Å². The lowest BCUT2D eigenvalue weighted by Gasteiger charge is -2.22. The Morgan fingerprint density at radius 2 is 1.85 bits per heavy atom. The van der Waals surface area contributed by atoms with E-state index in [2.05, 4.69) is 6.92 Å². The molecular formula is C11H17NO. The van der Waals surface area contributed by atoms with Crippen molar-refractivity contribution in [2.45, 2.75) is 32.2 Å². The first kappa shape index (κ1) is 10.1. The van der Waals surface area contributed by atoms with E-state index in [-0.39, 0.29) is 5.54 Å². The Labute approximate surface area is 79.4 Å². The molecule has 13 heavy (non-hydrogen) atoms. The predicted octanol–water partition coefficient (Wildman–Crippen LogP) is 2.06. The van der Waals surface area contributed by atoms with Crippen molar-refractivity contribution in [3.63, 3.8) is 0 Å². The Hall–Kier alpha value is -1.02. The van der Waals surface area contributed by atoms with E-state index in [4.69, 9.17) is 10.8 Å². The summed E-state index contributed by atoms with van der Waals surface area (Å²) in [6.07, 6.45) is 1.80. The van der Waals surface area contributed by atoms with Crippen LogP contribution in [0, 0.1) is 0 Å². The molecule has 0 amide bonds. The van der Waals surface area contributed by atoms with Gasteiger partial charge in [-0.2, -0.15) is 0 Å². The largest absolute Gasteiger partial charge is 0.508 e. The molecule has 0 saturated carbocycles. The summed E-state index contributed by atoms with van der Waals surface area (Å²) in [5, 5.41) is 9.08. The monoisotopic (exact) mass is 179 g/mol. The Bertz CT molecular complexity index is 264. The lowest BCUT2D eigenvalue weighted by molar-refractivity contribution is 0.448. The number of nitrogens with two attached hydrogens (primary N) is 1. The predicted molar refractivity (Wildman–Crippen MR) is 54.7 cm³/mol. The van der Waals surface area contributed by atoms with Crippen molar-refractivity contribution < 1.29 is 5.11 Å². The fraction of sp³-hybridized carbons (Fsp3) is 0.455. The normalized spacial score (nSPS) is 15.3. The Kier molecular flexibility index (Phi) is 2.94. The molecule has 0 saturated heterocycles. The van der Waals surface area contributed by atoms with Crippen LogP contribution in [0.25, 0.3) is 0 Å². The molecule has 0 heterocycles. The van der Waals surface area contributed by atoms with Crippen molar-refractivity contribution in [2.75, 3.05) is 0 Å². The van der Waals surface area contributed by atoms with Gasteiger partial charge in [-0.05, 0) is 37.5 Å². The molecule has 72 valence electrons. The molecule has 3 N–H and O–H groups in total. The highest BCUT2D eigenvalue weighted by Gasteiger charge is 2.15. The number of hydrogen-bond acceptors (Lipinski definition) is 2. The molecule has 0 aliphatic carbocycles. The summed E-state index contributed by atoms with van der Waals surface area (Å²) < 4.78 is 0. The fourth-order valence-electron chi connectivity index (χ4n) is 1.21. The lowest BCUT2D eigenvalue weighted by Crippen LogP contribution is -2.37. The zero-order chi connectivity index (χ0) is 9.90. The molecule has 0 radical (unpaired) electrons. The van der Waals surface area contributed by atoms with Gasteiger partial charge < -0.3 is 10.8 Å². The highest BCUT2D eigenvalue weighted by molar-refractivity contribution is 5.26. The molecule has 2 heteroatoms. The number of benzene rings is 1. The van der Waals surface area contributed by atoms with Gasteiger partial charge in [0, 0.05) is 5.54 Å². The van der Waals surface area contributed by atoms with Crippen LogP contribution in [0.3, 0.4) is 0 Å². The van der Waals surface area contributed by atoms with Gasteiger partial charge in [0.05, 0.1) is 0 Å². The van der Waals surface area contributed by atoms with Crippen molar-refractivity contribution in [1.29, 1.82) is 0 Å². The minimum absolute atomic E-state index is 0.142. The molecule has 2 nitrogen and oxygen atoms in total. The molecule has 0 fully saturated rings. The summed E-state index contributed by atoms with van der Waals surface area (Å²) in [6, 6.07) is 7.22. The van der Waals surface area contributed by atoms with Crippen LogP contribution in [0.2, 0.25) is 0 Å². The van der Waals surface area contributed by atoms with E-state index < -0.39 is 0 Å². The molecule has 0 aliphatic rings. The van der Waals surface area contributed by atoms with E-state index in [9.17, 15) is 0 Å². The maximum absolute atomic E-state index is 9.08. The van der Waals surface area contributed by atoms with Crippen molar-refractivity contribution in [3.8, 4) is 5.75 Å². The SMILES string of the molecule is CCC(C)(N)Cc1ccc(O)cc1. The van der Waals surface area contributed by atoms with Gasteiger partial charge in [-0.3, -0.25) is 0 Å². The van der Waals surface area contributed by atoms with Crippen LogP contribution in [-0.4, -0.2) is 10.6 Å². The van der Waals surface area contributed by atoms with E-state index in [1.165, 1.54) is 5.56 Å². The van der Waals surface area contributed by atoms with Crippen molar-refractivity contribution in [3.05, 3.63) is 29.8 Å². The zero-order valence-corrected chi connectivity index (χ0v) is 8.25. The minimum atomic E-state index is -0.142. The molecular weight excluding hydrogens is 162 g/mol. The maximum Gasteiger partial charge on any atom is 0.115 e. The van der Waals surface area contributed by atoms with E-state index in [1.54, 1.807) is 12.1 Å². The summed E-state index contributed by atoms with van der Waals surface area (Å²) >= 11 is 0. The van der Waals surface area contributed by atoms with Gasteiger partial charge >= 0.3 is 0 Å². The van der Waals surface area contributed by atoms with Crippen LogP contribution >= 0.6 is 0 Å². The molecule has 1 atom stereocenters. The van der Waals surface area contributed by atoms with Crippen LogP contribution in [0.1, 0.15) is 25.8 Å². The average molecular weight is 179 g/mol. The molecule has 1 aromatic rings. The van der Waals surface area contributed by atoms with Crippen LogP contribution in [0.5, 0.6) is 5.75 Å². The molecule has 1 unspecified atom stereocenters. The number of phenols is 1. The third-order valence-electron chi connectivity index (χ3n) is 2.35. The second kappa shape index (κ2) is 3.79. The third kappa shape index (κ3) is 3.07. The van der Waals surface area contributed by atoms with Crippen molar-refractivity contribution >= 4 is 0 Å². The maximum atomic E-state index is 9.08. The average Bonchev–Trinajstić information content (AvgIpc) is 2.09. The lowest BCUT2D eigenvalue weighted by atomic mass is 9.91. The highest BCUT2D eigenvalue weighted by atomic mass is 16.3. The summed E-state index contributed by atoms with van der Waals surface area (Å²) in [5.41, 5.74) is 7.05. The number of hydrogen-bond donors (Lipinski definition) is 2. The van der Waals surface area contributed by atoms with Crippen LogP contribution in [-0.2, 0) is 6.42 Å². The van der Waals surface area contributed by atoms with E-state index in [0.29, 0.717) is 5.75 Å². The van der Waals surface area contributed by atoms with Gasteiger partial charge in [0.1, 0.15) is 5.75 Å². The van der Waals surface area contributed by atoms with E-state index in [1.807, 2.05) is 19.1 Å². The number of phenolic OH excluding ortho intramolecular Hbond substituents is 1. The number of rotatable bonds is 3. The topological polar surface area (TPSA) is 46.2 Å². The van der Waals surface area contributed by atoms with Crippen molar-refractivity contribution in [2.24, 2.45) is 5.73 Å². The first-order valence-corrected chi connectivity index (χ1v) is 4.60. The van der Waals surface area contributed by atoms with Crippen LogP contribution in [0.15, 0.2) is 24.3 Å². The van der Waals surface area contributed by atoms with E-state index in [0.717, 1.165) is 12.8 Å². The van der Waals surface area contributed by atoms with Gasteiger partial charge in [-0.1, -0.05) is 19.1 Å². The Morgan fingerprint density at radius 3 is 2.31 bits per heavy atom. The first-order valence-electron chi connectivity index (χ1n) is 4.60. The second-order valence-electron chi connectivity index (χ2n) is 3.85. The molecule has 0 bridgehead atoms. The summed E-state index contributed by atoms with van der Waals surface area (Å²) in [5.74, 6) is 0.305. The van der Waals surface area contributed by atoms with E-state index >= 15 is 0 Å². The minimum Gasteiger partial charge on any atom is -0.508 e. The standard InChI is InChI=1S/C11H17NO/c1-3-11(2,12)8-9-4-6-10(13)7-5-9/h4-7,13H,3,8,12H2,1-2H3. The van der Waals surface area contributed by atoms with Crippen molar-refractivity contribution in [1.82, 2.24) is 0 Å². The smallest absolute Gasteiger partial charge is 0.115 e. The summed E-state index contributed by atoms with van der Waals surface area (Å²) in [6.45, 7) is 4.13. The molecule has 0 spiro atoms. The molecule has 0 aromatic heterocycles. The molecule has 1 rings (SSSR count). The summed E-state index contributed by atoms with van der Waals surface area (Å²) in [7, 11) is 0. The van der Waals surface area contributed by atoms with Gasteiger partial charge in [0.15, 0.2) is 0 Å². The van der Waals surface area contributed by atoms with Crippen LogP contribution in [0.4, 0.5) is 0 Å². The highest BCUT2D eigenvalue weighted by Crippen LogP contribution is 2.16.